The molecular weight excluding hydrogens is 232 g/mol. The third-order valence-electron chi connectivity index (χ3n) is 4.11. The summed E-state index contributed by atoms with van der Waals surface area (Å²) in [5.74, 6) is -1.61. The van der Waals surface area contributed by atoms with Crippen LogP contribution in [-0.2, 0) is 9.59 Å². The normalized spacial score (nSPS) is 28.2. The summed E-state index contributed by atoms with van der Waals surface area (Å²) in [6.07, 6.45) is 5.59. The van der Waals surface area contributed by atoms with Gasteiger partial charge in [-0.25, -0.2) is 4.79 Å². The van der Waals surface area contributed by atoms with E-state index in [1.807, 2.05) is 0 Å². The first-order valence-corrected chi connectivity index (χ1v) is 6.59. The Morgan fingerprint density at radius 2 is 1.83 bits per heavy atom. The standard InChI is InChI=1S/C13H20N2O3/c1-9-10(16)14-12(18)15(11(9)17)8-13(2)6-4-3-5-7-13/h9H,3-8H2,1-2H3,(H,14,16,18). The molecule has 2 aliphatic rings. The monoisotopic (exact) mass is 252 g/mol. The Hall–Kier alpha value is -1.39. The number of amides is 4. The third-order valence-corrected chi connectivity index (χ3v) is 4.11. The van der Waals surface area contributed by atoms with Gasteiger partial charge in [0.1, 0.15) is 5.92 Å². The summed E-state index contributed by atoms with van der Waals surface area (Å²) in [5.41, 5.74) is 0.00532. The van der Waals surface area contributed by atoms with Crippen LogP contribution < -0.4 is 5.32 Å². The summed E-state index contributed by atoms with van der Waals surface area (Å²) in [4.78, 5) is 36.3. The summed E-state index contributed by atoms with van der Waals surface area (Å²) < 4.78 is 0. The topological polar surface area (TPSA) is 66.5 Å². The van der Waals surface area contributed by atoms with Crippen LogP contribution in [0, 0.1) is 11.3 Å². The highest BCUT2D eigenvalue weighted by atomic mass is 16.2. The van der Waals surface area contributed by atoms with E-state index in [1.165, 1.54) is 11.3 Å². The molecule has 1 atom stereocenters. The summed E-state index contributed by atoms with van der Waals surface area (Å²) in [6, 6.07) is -0.560. The quantitative estimate of drug-likeness (QED) is 0.760. The van der Waals surface area contributed by atoms with Crippen molar-refractivity contribution in [2.45, 2.75) is 46.0 Å². The second-order valence-electron chi connectivity index (χ2n) is 5.81. The summed E-state index contributed by atoms with van der Waals surface area (Å²) in [7, 11) is 0. The van der Waals surface area contributed by atoms with E-state index in [2.05, 4.69) is 12.2 Å². The van der Waals surface area contributed by atoms with Gasteiger partial charge >= 0.3 is 6.03 Å². The number of hydrogen-bond acceptors (Lipinski definition) is 3. The van der Waals surface area contributed by atoms with Gasteiger partial charge in [-0.05, 0) is 25.2 Å². The van der Waals surface area contributed by atoms with Gasteiger partial charge in [0.2, 0.25) is 11.8 Å². The number of barbiturate groups is 1. The van der Waals surface area contributed by atoms with Gasteiger partial charge in [-0.15, -0.1) is 0 Å². The molecule has 1 heterocycles. The van der Waals surface area contributed by atoms with Gasteiger partial charge in [0.15, 0.2) is 0 Å². The van der Waals surface area contributed by atoms with E-state index in [1.54, 1.807) is 6.92 Å². The van der Waals surface area contributed by atoms with Crippen LogP contribution in [0.3, 0.4) is 0 Å². The Bertz CT molecular complexity index is 386. The molecule has 4 amide bonds. The van der Waals surface area contributed by atoms with Gasteiger partial charge in [0.25, 0.3) is 0 Å². The predicted molar refractivity (Wildman–Crippen MR) is 65.6 cm³/mol. The maximum Gasteiger partial charge on any atom is 0.330 e. The van der Waals surface area contributed by atoms with Crippen LogP contribution >= 0.6 is 0 Å². The average Bonchev–Trinajstić information content (AvgIpc) is 2.33. The molecule has 0 bridgehead atoms. The lowest BCUT2D eigenvalue weighted by Crippen LogP contribution is -2.59. The van der Waals surface area contributed by atoms with E-state index < -0.39 is 17.9 Å². The lowest BCUT2D eigenvalue weighted by Gasteiger charge is -2.39. The third kappa shape index (κ3) is 2.40. The van der Waals surface area contributed by atoms with Crippen molar-refractivity contribution >= 4 is 17.8 Å². The van der Waals surface area contributed by atoms with E-state index >= 15 is 0 Å². The summed E-state index contributed by atoms with van der Waals surface area (Å²) >= 11 is 0. The molecule has 2 rings (SSSR count). The number of imide groups is 2. The van der Waals surface area contributed by atoms with Gasteiger partial charge in [0.05, 0.1) is 0 Å². The molecule has 1 unspecified atom stereocenters. The SMILES string of the molecule is CC1C(=O)NC(=O)N(CC2(C)CCCCC2)C1=O. The fraction of sp³-hybridized carbons (Fsp3) is 0.769. The first kappa shape index (κ1) is 13.1. The highest BCUT2D eigenvalue weighted by molar-refractivity contribution is 6.15. The molecule has 0 aromatic rings. The van der Waals surface area contributed by atoms with Crippen molar-refractivity contribution in [2.24, 2.45) is 11.3 Å². The Morgan fingerprint density at radius 1 is 1.22 bits per heavy atom. The Morgan fingerprint density at radius 3 is 2.44 bits per heavy atom. The number of carbonyl (C=O) groups is 3. The van der Waals surface area contributed by atoms with Crippen molar-refractivity contribution in [3.63, 3.8) is 0 Å². The zero-order valence-electron chi connectivity index (χ0n) is 11.0. The van der Waals surface area contributed by atoms with Crippen LogP contribution in [0.1, 0.15) is 46.0 Å². The molecule has 1 aliphatic heterocycles. The van der Waals surface area contributed by atoms with Crippen molar-refractivity contribution in [1.82, 2.24) is 10.2 Å². The van der Waals surface area contributed by atoms with E-state index in [-0.39, 0.29) is 11.3 Å². The van der Waals surface area contributed by atoms with Crippen LogP contribution in [0.4, 0.5) is 4.79 Å². The van der Waals surface area contributed by atoms with Crippen LogP contribution in [0.25, 0.3) is 0 Å². The lowest BCUT2D eigenvalue weighted by molar-refractivity contribution is -0.142. The molecular formula is C13H20N2O3. The fourth-order valence-electron chi connectivity index (χ4n) is 2.82. The molecule has 0 spiro atoms. The minimum Gasteiger partial charge on any atom is -0.277 e. The molecule has 0 aromatic heterocycles. The molecule has 1 saturated carbocycles. The van der Waals surface area contributed by atoms with E-state index in [9.17, 15) is 14.4 Å². The minimum atomic E-state index is -0.755. The number of carbonyl (C=O) groups excluding carboxylic acids is 3. The van der Waals surface area contributed by atoms with Crippen molar-refractivity contribution in [3.05, 3.63) is 0 Å². The highest BCUT2D eigenvalue weighted by Crippen LogP contribution is 2.36. The molecule has 0 radical (unpaired) electrons. The molecule has 5 heteroatoms. The minimum absolute atomic E-state index is 0.00532. The molecule has 1 saturated heterocycles. The number of hydrogen-bond donors (Lipinski definition) is 1. The van der Waals surface area contributed by atoms with E-state index in [4.69, 9.17) is 0 Å². The Labute approximate surface area is 107 Å². The van der Waals surface area contributed by atoms with Crippen LogP contribution in [0.15, 0.2) is 0 Å². The summed E-state index contributed by atoms with van der Waals surface area (Å²) in [5, 5.41) is 2.24. The van der Waals surface area contributed by atoms with Gasteiger partial charge in [-0.3, -0.25) is 19.8 Å². The lowest BCUT2D eigenvalue weighted by atomic mass is 9.75. The van der Waals surface area contributed by atoms with E-state index in [0.29, 0.717) is 6.54 Å². The van der Waals surface area contributed by atoms with Gasteiger partial charge < -0.3 is 0 Å². The van der Waals surface area contributed by atoms with Gasteiger partial charge in [-0.1, -0.05) is 26.2 Å². The maximum atomic E-state index is 12.0. The molecule has 100 valence electrons. The number of nitrogens with zero attached hydrogens (tertiary/aromatic N) is 1. The zero-order valence-corrected chi connectivity index (χ0v) is 11.0. The smallest absolute Gasteiger partial charge is 0.277 e. The van der Waals surface area contributed by atoms with Crippen LogP contribution in [-0.4, -0.2) is 29.3 Å². The zero-order chi connectivity index (χ0) is 13.3. The fourth-order valence-corrected chi connectivity index (χ4v) is 2.82. The van der Waals surface area contributed by atoms with Crippen molar-refractivity contribution in [1.29, 1.82) is 0 Å². The van der Waals surface area contributed by atoms with Crippen molar-refractivity contribution in [2.75, 3.05) is 6.54 Å². The Kier molecular flexibility index (Phi) is 3.41. The second kappa shape index (κ2) is 4.71. The van der Waals surface area contributed by atoms with Crippen LogP contribution in [0.2, 0.25) is 0 Å². The van der Waals surface area contributed by atoms with Gasteiger partial charge in [0, 0.05) is 6.54 Å². The Balaban J connectivity index is 2.09. The van der Waals surface area contributed by atoms with Crippen LogP contribution in [0.5, 0.6) is 0 Å². The number of nitrogens with one attached hydrogen (secondary N) is 1. The van der Waals surface area contributed by atoms with Crippen molar-refractivity contribution < 1.29 is 14.4 Å². The first-order chi connectivity index (χ1) is 8.43. The maximum absolute atomic E-state index is 12.0. The summed E-state index contributed by atoms with van der Waals surface area (Å²) in [6.45, 7) is 4.09. The largest absolute Gasteiger partial charge is 0.330 e. The van der Waals surface area contributed by atoms with Gasteiger partial charge in [-0.2, -0.15) is 0 Å². The highest BCUT2D eigenvalue weighted by Gasteiger charge is 2.41. The molecule has 18 heavy (non-hydrogen) atoms. The molecule has 2 fully saturated rings. The molecule has 5 nitrogen and oxygen atoms in total. The average molecular weight is 252 g/mol. The van der Waals surface area contributed by atoms with Crippen molar-refractivity contribution in [3.8, 4) is 0 Å². The predicted octanol–water partition coefficient (Wildman–Crippen LogP) is 1.67. The molecule has 0 aromatic carbocycles. The first-order valence-electron chi connectivity index (χ1n) is 6.59. The number of urea groups is 1. The van der Waals surface area contributed by atoms with E-state index in [0.717, 1.165) is 25.7 Å². The second-order valence-corrected chi connectivity index (χ2v) is 5.81. The molecule has 1 aliphatic carbocycles. The number of rotatable bonds is 2. The molecule has 1 N–H and O–H groups in total.